The van der Waals surface area contributed by atoms with Crippen molar-refractivity contribution in [2.45, 2.75) is 20.0 Å². The molecule has 3 heteroatoms. The van der Waals surface area contributed by atoms with Crippen molar-refractivity contribution in [1.29, 1.82) is 0 Å². The van der Waals surface area contributed by atoms with Gasteiger partial charge in [-0.15, -0.1) is 11.3 Å². The summed E-state index contributed by atoms with van der Waals surface area (Å²) < 4.78 is 1.35. The Kier molecular flexibility index (Phi) is 3.36. The lowest BCUT2D eigenvalue weighted by Gasteiger charge is -2.01. The summed E-state index contributed by atoms with van der Waals surface area (Å²) in [5, 5.41) is 1.37. The van der Waals surface area contributed by atoms with E-state index in [2.05, 4.69) is 36.7 Å². The van der Waals surface area contributed by atoms with E-state index in [9.17, 15) is 0 Å². The van der Waals surface area contributed by atoms with Crippen LogP contribution in [0.3, 0.4) is 0 Å². The third-order valence-electron chi connectivity index (χ3n) is 2.48. The Hall–Kier alpha value is -0.900. The topological polar surface area (TPSA) is 21.3 Å². The zero-order valence-electron chi connectivity index (χ0n) is 9.04. The molecule has 1 aromatic carbocycles. The van der Waals surface area contributed by atoms with E-state index in [0.29, 0.717) is 6.61 Å². The van der Waals surface area contributed by atoms with Gasteiger partial charge in [-0.05, 0) is 23.4 Å². The molecular weight excluding hydrogens is 206 g/mol. The van der Waals surface area contributed by atoms with Crippen LogP contribution in [0, 0.1) is 0 Å². The first-order valence-electron chi connectivity index (χ1n) is 5.14. The van der Waals surface area contributed by atoms with Gasteiger partial charge in [0.1, 0.15) is 6.61 Å². The Morgan fingerprint density at radius 3 is 2.87 bits per heavy atom. The number of benzene rings is 1. The van der Waals surface area contributed by atoms with Crippen LogP contribution in [0.1, 0.15) is 17.4 Å². The molecule has 2 nitrogen and oxygen atoms in total. The molecule has 0 amide bonds. The maximum Gasteiger partial charge on any atom is 0.103 e. The molecule has 1 N–H and O–H groups in total. The molecule has 0 bridgehead atoms. The van der Waals surface area contributed by atoms with Gasteiger partial charge in [0.25, 0.3) is 0 Å². The summed E-state index contributed by atoms with van der Waals surface area (Å²) in [5.74, 6) is 0. The van der Waals surface area contributed by atoms with E-state index in [1.165, 1.54) is 20.5 Å². The minimum Gasteiger partial charge on any atom is -0.296 e. The smallest absolute Gasteiger partial charge is 0.103 e. The molecule has 0 spiro atoms. The van der Waals surface area contributed by atoms with Crippen molar-refractivity contribution in [3.05, 3.63) is 34.7 Å². The van der Waals surface area contributed by atoms with Crippen molar-refractivity contribution in [2.24, 2.45) is 0 Å². The van der Waals surface area contributed by atoms with Gasteiger partial charge in [0.15, 0.2) is 0 Å². The number of hydroxylamine groups is 1. The average molecular weight is 221 g/mol. The van der Waals surface area contributed by atoms with Gasteiger partial charge < -0.3 is 0 Å². The van der Waals surface area contributed by atoms with E-state index in [4.69, 9.17) is 4.84 Å². The zero-order valence-corrected chi connectivity index (χ0v) is 9.86. The second kappa shape index (κ2) is 4.75. The molecular formula is C12H15NOS. The van der Waals surface area contributed by atoms with Crippen molar-refractivity contribution in [3.63, 3.8) is 0 Å². The normalized spacial score (nSPS) is 11.1. The van der Waals surface area contributed by atoms with Crippen LogP contribution in [-0.4, -0.2) is 7.05 Å². The summed E-state index contributed by atoms with van der Waals surface area (Å²) in [4.78, 5) is 6.58. The van der Waals surface area contributed by atoms with Crippen LogP contribution in [0.15, 0.2) is 24.3 Å². The molecule has 0 unspecified atom stereocenters. The summed E-state index contributed by atoms with van der Waals surface area (Å²) in [6, 6.07) is 8.54. The monoisotopic (exact) mass is 221 g/mol. The highest BCUT2D eigenvalue weighted by atomic mass is 32.1. The third kappa shape index (κ3) is 2.04. The number of fused-ring (bicyclic) bond motifs is 1. The molecule has 0 radical (unpaired) electrons. The first-order valence-corrected chi connectivity index (χ1v) is 5.96. The summed E-state index contributed by atoms with van der Waals surface area (Å²) in [7, 11) is 1.79. The van der Waals surface area contributed by atoms with Crippen molar-refractivity contribution in [1.82, 2.24) is 5.48 Å². The number of hydrogen-bond acceptors (Lipinski definition) is 3. The molecule has 1 heterocycles. The number of thiophene rings is 1. The molecule has 0 saturated carbocycles. The highest BCUT2D eigenvalue weighted by Crippen LogP contribution is 2.31. The Morgan fingerprint density at radius 2 is 2.13 bits per heavy atom. The largest absolute Gasteiger partial charge is 0.296 e. The quantitative estimate of drug-likeness (QED) is 0.801. The van der Waals surface area contributed by atoms with Gasteiger partial charge in [-0.2, -0.15) is 0 Å². The maximum absolute atomic E-state index is 5.25. The fourth-order valence-corrected chi connectivity index (χ4v) is 3.00. The fraction of sp³-hybridized carbons (Fsp3) is 0.333. The van der Waals surface area contributed by atoms with Crippen molar-refractivity contribution in [3.8, 4) is 0 Å². The Labute approximate surface area is 93.8 Å². The summed E-state index contributed by atoms with van der Waals surface area (Å²) in [5.41, 5.74) is 4.14. The van der Waals surface area contributed by atoms with E-state index >= 15 is 0 Å². The van der Waals surface area contributed by atoms with Gasteiger partial charge in [-0.3, -0.25) is 4.84 Å². The Morgan fingerprint density at radius 1 is 1.33 bits per heavy atom. The Bertz CT molecular complexity index is 450. The van der Waals surface area contributed by atoms with Gasteiger partial charge in [0.05, 0.1) is 0 Å². The zero-order chi connectivity index (χ0) is 10.7. The first-order chi connectivity index (χ1) is 7.36. The summed E-state index contributed by atoms with van der Waals surface area (Å²) in [6.07, 6.45) is 1.06. The lowest BCUT2D eigenvalue weighted by atomic mass is 10.1. The number of hydrogen-bond donors (Lipinski definition) is 1. The van der Waals surface area contributed by atoms with Crippen LogP contribution in [0.4, 0.5) is 0 Å². The standard InChI is InChI=1S/C12H15NOS/c1-3-9-10-6-4-5-7-11(10)15-12(9)8-14-13-2/h4-7,13H,3,8H2,1-2H3. The van der Waals surface area contributed by atoms with Crippen LogP contribution in [0.5, 0.6) is 0 Å². The Balaban J connectivity index is 2.44. The van der Waals surface area contributed by atoms with Crippen LogP contribution in [0.2, 0.25) is 0 Å². The van der Waals surface area contributed by atoms with Gasteiger partial charge in [0, 0.05) is 16.6 Å². The SMILES string of the molecule is CCc1c(CONC)sc2ccccc12. The molecule has 15 heavy (non-hydrogen) atoms. The van der Waals surface area contributed by atoms with Crippen LogP contribution < -0.4 is 5.48 Å². The van der Waals surface area contributed by atoms with Gasteiger partial charge in [0.2, 0.25) is 0 Å². The predicted molar refractivity (Wildman–Crippen MR) is 65.1 cm³/mol. The average Bonchev–Trinajstić information content (AvgIpc) is 2.63. The van der Waals surface area contributed by atoms with Crippen LogP contribution in [-0.2, 0) is 17.9 Å². The third-order valence-corrected chi connectivity index (χ3v) is 3.67. The molecule has 0 fully saturated rings. The highest BCUT2D eigenvalue weighted by Gasteiger charge is 2.09. The van der Waals surface area contributed by atoms with Gasteiger partial charge >= 0.3 is 0 Å². The lowest BCUT2D eigenvalue weighted by molar-refractivity contribution is 0.0458. The molecule has 80 valence electrons. The first kappa shape index (κ1) is 10.6. The minimum absolute atomic E-state index is 0.652. The van der Waals surface area contributed by atoms with E-state index in [0.717, 1.165) is 6.42 Å². The molecule has 0 aliphatic heterocycles. The maximum atomic E-state index is 5.25. The molecule has 1 aromatic heterocycles. The molecule has 0 saturated heterocycles. The lowest BCUT2D eigenvalue weighted by Crippen LogP contribution is -2.06. The molecule has 0 aliphatic carbocycles. The molecule has 2 aromatic rings. The van der Waals surface area contributed by atoms with Crippen LogP contribution >= 0.6 is 11.3 Å². The number of aryl methyl sites for hydroxylation is 1. The highest BCUT2D eigenvalue weighted by molar-refractivity contribution is 7.19. The fourth-order valence-electron chi connectivity index (χ4n) is 1.79. The van der Waals surface area contributed by atoms with Gasteiger partial charge in [-0.1, -0.05) is 25.1 Å². The summed E-state index contributed by atoms with van der Waals surface area (Å²) >= 11 is 1.82. The van der Waals surface area contributed by atoms with Crippen LogP contribution in [0.25, 0.3) is 10.1 Å². The minimum atomic E-state index is 0.652. The molecule has 2 rings (SSSR count). The van der Waals surface area contributed by atoms with Gasteiger partial charge in [-0.25, -0.2) is 5.48 Å². The second-order valence-corrected chi connectivity index (χ2v) is 4.48. The van der Waals surface area contributed by atoms with Crippen molar-refractivity contribution in [2.75, 3.05) is 7.05 Å². The van der Waals surface area contributed by atoms with E-state index in [-0.39, 0.29) is 0 Å². The van der Waals surface area contributed by atoms with E-state index < -0.39 is 0 Å². The van der Waals surface area contributed by atoms with Crippen molar-refractivity contribution < 1.29 is 4.84 Å². The number of rotatable bonds is 4. The predicted octanol–water partition coefficient (Wildman–Crippen LogP) is 3.11. The van der Waals surface area contributed by atoms with Crippen molar-refractivity contribution >= 4 is 21.4 Å². The van der Waals surface area contributed by atoms with E-state index in [1.807, 2.05) is 11.3 Å². The second-order valence-electron chi connectivity index (χ2n) is 3.35. The molecule has 0 aliphatic rings. The van der Waals surface area contributed by atoms with E-state index in [1.54, 1.807) is 7.05 Å². The number of nitrogens with one attached hydrogen (secondary N) is 1. The summed E-state index contributed by atoms with van der Waals surface area (Å²) in [6.45, 7) is 2.84. The molecule has 0 atom stereocenters.